The highest BCUT2D eigenvalue weighted by atomic mass is 32.2. The molecule has 23 heavy (non-hydrogen) atoms. The van der Waals surface area contributed by atoms with Crippen LogP contribution >= 0.6 is 0 Å². The Kier molecular flexibility index (Phi) is 4.67. The van der Waals surface area contributed by atoms with Crippen LogP contribution in [0.2, 0.25) is 0 Å². The molecular formula is C15H19NO6S. The quantitative estimate of drug-likeness (QED) is 0.853. The first-order valence-electron chi connectivity index (χ1n) is 7.54. The number of hydrogen-bond donors (Lipinski definition) is 1. The number of rotatable bonds is 5. The lowest BCUT2D eigenvalue weighted by Gasteiger charge is -2.27. The van der Waals surface area contributed by atoms with Crippen LogP contribution in [-0.4, -0.2) is 55.9 Å². The van der Waals surface area contributed by atoms with Gasteiger partial charge in [0, 0.05) is 6.54 Å². The molecule has 0 bridgehead atoms. The monoisotopic (exact) mass is 341 g/mol. The Bertz CT molecular complexity index is 666. The first-order valence-corrected chi connectivity index (χ1v) is 8.98. The molecule has 2 aliphatic heterocycles. The summed E-state index contributed by atoms with van der Waals surface area (Å²) in [4.78, 5) is 10.9. The van der Waals surface area contributed by atoms with Gasteiger partial charge in [-0.05, 0) is 30.5 Å². The van der Waals surface area contributed by atoms with E-state index in [9.17, 15) is 13.2 Å². The number of hydrogen-bond acceptors (Lipinski definition) is 5. The Morgan fingerprint density at radius 2 is 1.87 bits per heavy atom. The summed E-state index contributed by atoms with van der Waals surface area (Å²) in [6.45, 7) is 1.41. The molecule has 1 N–H and O–H groups in total. The van der Waals surface area contributed by atoms with Gasteiger partial charge in [-0.3, -0.25) is 4.79 Å². The smallest absolute Gasteiger partial charge is 0.307 e. The van der Waals surface area contributed by atoms with Crippen molar-refractivity contribution in [3.05, 3.63) is 29.8 Å². The van der Waals surface area contributed by atoms with Gasteiger partial charge in [-0.2, -0.15) is 4.31 Å². The Hall–Kier alpha value is -1.48. The second kappa shape index (κ2) is 6.56. The van der Waals surface area contributed by atoms with Gasteiger partial charge in [-0.25, -0.2) is 8.42 Å². The van der Waals surface area contributed by atoms with E-state index < -0.39 is 22.3 Å². The van der Waals surface area contributed by atoms with E-state index in [1.807, 2.05) is 0 Å². The minimum Gasteiger partial charge on any atom is -0.481 e. The fraction of sp³-hybridized carbons (Fsp3) is 0.533. The molecule has 0 saturated carbocycles. The summed E-state index contributed by atoms with van der Waals surface area (Å²) in [5, 5.41) is 8.77. The SMILES string of the molecule is O=C(O)Cc1ccc(S(=O)(=O)N2CCCC2C2OCCO2)cc1. The first-order chi connectivity index (χ1) is 11.0. The first kappa shape index (κ1) is 16.4. The second-order valence-corrected chi connectivity index (χ2v) is 7.54. The molecule has 0 aliphatic carbocycles. The predicted octanol–water partition coefficient (Wildman–Crippen LogP) is 0.840. The van der Waals surface area contributed by atoms with E-state index in [1.165, 1.54) is 28.6 Å². The van der Waals surface area contributed by atoms with Gasteiger partial charge < -0.3 is 14.6 Å². The molecule has 1 atom stereocenters. The van der Waals surface area contributed by atoms with Crippen molar-refractivity contribution in [2.75, 3.05) is 19.8 Å². The summed E-state index contributed by atoms with van der Waals surface area (Å²) in [5.41, 5.74) is 0.567. The maximum absolute atomic E-state index is 12.8. The molecule has 0 aromatic heterocycles. The summed E-state index contributed by atoms with van der Waals surface area (Å²) in [6, 6.07) is 5.68. The lowest BCUT2D eigenvalue weighted by atomic mass is 10.2. The van der Waals surface area contributed by atoms with Crippen LogP contribution in [0.1, 0.15) is 18.4 Å². The molecule has 2 heterocycles. The van der Waals surface area contributed by atoms with Gasteiger partial charge in [0.15, 0.2) is 6.29 Å². The van der Waals surface area contributed by atoms with Crippen molar-refractivity contribution in [2.24, 2.45) is 0 Å². The highest BCUT2D eigenvalue weighted by Crippen LogP contribution is 2.30. The number of aliphatic carboxylic acids is 1. The van der Waals surface area contributed by atoms with E-state index in [-0.39, 0.29) is 17.4 Å². The normalized spacial score (nSPS) is 23.4. The Morgan fingerprint density at radius 1 is 1.22 bits per heavy atom. The second-order valence-electron chi connectivity index (χ2n) is 5.65. The Morgan fingerprint density at radius 3 is 2.48 bits per heavy atom. The minimum absolute atomic E-state index is 0.129. The number of nitrogens with zero attached hydrogens (tertiary/aromatic N) is 1. The molecule has 2 aliphatic rings. The molecule has 7 nitrogen and oxygen atoms in total. The van der Waals surface area contributed by atoms with Crippen LogP contribution in [0.15, 0.2) is 29.2 Å². The average molecular weight is 341 g/mol. The van der Waals surface area contributed by atoms with E-state index in [1.54, 1.807) is 0 Å². The van der Waals surface area contributed by atoms with Crippen LogP contribution < -0.4 is 0 Å². The highest BCUT2D eigenvalue weighted by molar-refractivity contribution is 7.89. The molecule has 2 fully saturated rings. The molecule has 1 aromatic carbocycles. The van der Waals surface area contributed by atoms with E-state index in [0.29, 0.717) is 31.7 Å². The van der Waals surface area contributed by atoms with Crippen LogP contribution in [0.25, 0.3) is 0 Å². The van der Waals surface area contributed by atoms with E-state index in [0.717, 1.165) is 6.42 Å². The Labute approximate surface area is 134 Å². The molecule has 0 spiro atoms. The number of benzene rings is 1. The van der Waals surface area contributed by atoms with Crippen molar-refractivity contribution >= 4 is 16.0 Å². The van der Waals surface area contributed by atoms with Crippen molar-refractivity contribution in [3.8, 4) is 0 Å². The summed E-state index contributed by atoms with van der Waals surface area (Å²) in [6.07, 6.45) is 0.848. The molecule has 2 saturated heterocycles. The van der Waals surface area contributed by atoms with Crippen LogP contribution in [0.4, 0.5) is 0 Å². The maximum Gasteiger partial charge on any atom is 0.307 e. The third kappa shape index (κ3) is 3.40. The zero-order valence-electron chi connectivity index (χ0n) is 12.6. The van der Waals surface area contributed by atoms with Crippen molar-refractivity contribution in [2.45, 2.75) is 36.5 Å². The van der Waals surface area contributed by atoms with Gasteiger partial charge in [0.2, 0.25) is 10.0 Å². The molecule has 8 heteroatoms. The predicted molar refractivity (Wildman–Crippen MR) is 80.4 cm³/mol. The highest BCUT2D eigenvalue weighted by Gasteiger charge is 2.42. The van der Waals surface area contributed by atoms with Crippen LogP contribution in [0.3, 0.4) is 0 Å². The van der Waals surface area contributed by atoms with Gasteiger partial charge in [0.05, 0.1) is 30.6 Å². The van der Waals surface area contributed by atoms with E-state index in [4.69, 9.17) is 14.6 Å². The molecule has 126 valence electrons. The lowest BCUT2D eigenvalue weighted by molar-refractivity contribution is -0.136. The van der Waals surface area contributed by atoms with Gasteiger partial charge >= 0.3 is 5.97 Å². The lowest BCUT2D eigenvalue weighted by Crippen LogP contribution is -2.43. The maximum atomic E-state index is 12.8. The van der Waals surface area contributed by atoms with Crippen LogP contribution in [-0.2, 0) is 30.7 Å². The van der Waals surface area contributed by atoms with Gasteiger partial charge in [0.1, 0.15) is 0 Å². The summed E-state index contributed by atoms with van der Waals surface area (Å²) in [5.74, 6) is -0.948. The van der Waals surface area contributed by atoms with Gasteiger partial charge in [0.25, 0.3) is 0 Å². The van der Waals surface area contributed by atoms with Gasteiger partial charge in [-0.15, -0.1) is 0 Å². The molecule has 1 unspecified atom stereocenters. The standard InChI is InChI=1S/C15H19NO6S/c17-14(18)10-11-3-5-12(6-4-11)23(19,20)16-7-1-2-13(16)15-21-8-9-22-15/h3-6,13,15H,1-2,7-10H2,(H,17,18). The fourth-order valence-corrected chi connectivity index (χ4v) is 4.71. The van der Waals surface area contributed by atoms with E-state index >= 15 is 0 Å². The summed E-state index contributed by atoms with van der Waals surface area (Å²) < 4.78 is 38.0. The zero-order valence-corrected chi connectivity index (χ0v) is 13.4. The molecular weight excluding hydrogens is 322 g/mol. The van der Waals surface area contributed by atoms with Crippen LogP contribution in [0.5, 0.6) is 0 Å². The van der Waals surface area contributed by atoms with Crippen molar-refractivity contribution in [3.63, 3.8) is 0 Å². The molecule has 0 amide bonds. The number of sulfonamides is 1. The summed E-state index contributed by atoms with van der Waals surface area (Å²) >= 11 is 0. The average Bonchev–Trinajstić information content (AvgIpc) is 3.18. The van der Waals surface area contributed by atoms with Crippen LogP contribution in [0, 0.1) is 0 Å². The third-order valence-corrected chi connectivity index (χ3v) is 6.03. The van der Waals surface area contributed by atoms with Crippen molar-refractivity contribution in [1.29, 1.82) is 0 Å². The molecule has 0 radical (unpaired) electrons. The third-order valence-electron chi connectivity index (χ3n) is 4.10. The number of carboxylic acids is 1. The largest absolute Gasteiger partial charge is 0.481 e. The van der Waals surface area contributed by atoms with Crippen molar-refractivity contribution in [1.82, 2.24) is 4.31 Å². The van der Waals surface area contributed by atoms with Crippen molar-refractivity contribution < 1.29 is 27.8 Å². The van der Waals surface area contributed by atoms with Gasteiger partial charge in [-0.1, -0.05) is 12.1 Å². The topological polar surface area (TPSA) is 93.1 Å². The number of ether oxygens (including phenoxy) is 2. The summed E-state index contributed by atoms with van der Waals surface area (Å²) in [7, 11) is -3.64. The molecule has 3 rings (SSSR count). The zero-order chi connectivity index (χ0) is 16.4. The van der Waals surface area contributed by atoms with E-state index in [2.05, 4.69) is 0 Å². The minimum atomic E-state index is -3.64. The molecule has 1 aromatic rings. The number of carbonyl (C=O) groups is 1. The fourth-order valence-electron chi connectivity index (χ4n) is 3.02. The number of carboxylic acid groups (broad SMARTS) is 1. The Balaban J connectivity index is 1.81.